The predicted octanol–water partition coefficient (Wildman–Crippen LogP) is 3.41. The molecular weight excluding hydrogens is 219 g/mol. The van der Waals surface area contributed by atoms with Gasteiger partial charge in [0, 0.05) is 10.9 Å². The van der Waals surface area contributed by atoms with Crippen molar-refractivity contribution in [2.24, 2.45) is 0 Å². The maximum Gasteiger partial charge on any atom is 0.135 e. The molecule has 0 atom stereocenters. The first-order valence-electron chi connectivity index (χ1n) is 5.92. The topological polar surface area (TPSA) is 9.23 Å². The minimum atomic E-state index is 0.758. The Kier molecular flexibility index (Phi) is 1.84. The average Bonchev–Trinajstić information content (AvgIpc) is 2.40. The van der Waals surface area contributed by atoms with E-state index in [9.17, 15) is 0 Å². The van der Waals surface area contributed by atoms with Crippen molar-refractivity contribution in [3.8, 4) is 22.6 Å². The van der Waals surface area contributed by atoms with Crippen LogP contribution in [0.2, 0.25) is 0 Å². The van der Waals surface area contributed by atoms with E-state index in [4.69, 9.17) is 12.6 Å². The molecule has 18 heavy (non-hydrogen) atoms. The molecule has 2 heteroatoms. The van der Waals surface area contributed by atoms with Crippen molar-refractivity contribution in [3.63, 3.8) is 0 Å². The Morgan fingerprint density at radius 1 is 0.778 bits per heavy atom. The molecule has 3 aromatic carbocycles. The van der Waals surface area contributed by atoms with Crippen LogP contribution in [-0.4, -0.2) is 7.85 Å². The molecule has 0 saturated carbocycles. The highest BCUT2D eigenvalue weighted by Gasteiger charge is 2.18. The number of fused-ring (bicyclic) bond motifs is 2. The summed E-state index contributed by atoms with van der Waals surface area (Å²) in [6.45, 7) is 0. The minimum Gasteiger partial charge on any atom is -0.456 e. The zero-order valence-electron chi connectivity index (χ0n) is 9.68. The number of ether oxygens (including phenoxy) is 1. The van der Waals surface area contributed by atoms with Crippen molar-refractivity contribution in [3.05, 3.63) is 54.6 Å². The fourth-order valence-corrected chi connectivity index (χ4v) is 2.58. The molecule has 0 spiro atoms. The highest BCUT2D eigenvalue weighted by molar-refractivity contribution is 6.32. The summed E-state index contributed by atoms with van der Waals surface area (Å²) in [5.74, 6) is 1.79. The normalized spacial score (nSPS) is 12.0. The van der Waals surface area contributed by atoms with Gasteiger partial charge in [-0.25, -0.2) is 0 Å². The first-order chi connectivity index (χ1) is 8.83. The van der Waals surface area contributed by atoms with Crippen LogP contribution in [-0.2, 0) is 0 Å². The molecule has 3 aromatic rings. The van der Waals surface area contributed by atoms with E-state index in [1.807, 2.05) is 30.3 Å². The lowest BCUT2D eigenvalue weighted by Crippen LogP contribution is -2.05. The summed E-state index contributed by atoms with van der Waals surface area (Å²) in [5.41, 5.74) is 3.02. The third-order valence-corrected chi connectivity index (χ3v) is 3.38. The van der Waals surface area contributed by atoms with Gasteiger partial charge in [0.15, 0.2) is 0 Å². The lowest BCUT2D eigenvalue weighted by molar-refractivity contribution is 0.487. The van der Waals surface area contributed by atoms with E-state index in [2.05, 4.69) is 24.3 Å². The van der Waals surface area contributed by atoms with Crippen LogP contribution in [0, 0.1) is 0 Å². The molecule has 1 heterocycles. The molecular formula is C16H9BO. The van der Waals surface area contributed by atoms with E-state index in [1.54, 1.807) is 0 Å². The second-order valence-electron chi connectivity index (χ2n) is 4.52. The third kappa shape index (κ3) is 1.23. The van der Waals surface area contributed by atoms with Gasteiger partial charge in [-0.3, -0.25) is 0 Å². The summed E-state index contributed by atoms with van der Waals surface area (Å²) < 4.78 is 5.95. The maximum absolute atomic E-state index is 5.95. The Bertz CT molecular complexity index is 772. The number of hydrogen-bond acceptors (Lipinski definition) is 1. The standard InChI is InChI=1S/C16H9BO/c17-11-7-8-14-13(9-11)12-5-1-3-10-4-2-6-15(18-14)16(10)12/h1-9H. The van der Waals surface area contributed by atoms with Gasteiger partial charge in [0.25, 0.3) is 0 Å². The third-order valence-electron chi connectivity index (χ3n) is 3.38. The van der Waals surface area contributed by atoms with Crippen LogP contribution < -0.4 is 10.2 Å². The number of hydrogen-bond donors (Lipinski definition) is 0. The molecule has 1 nitrogen and oxygen atoms in total. The van der Waals surface area contributed by atoms with Gasteiger partial charge >= 0.3 is 0 Å². The van der Waals surface area contributed by atoms with Crippen LogP contribution in [0.1, 0.15) is 0 Å². The molecule has 0 bridgehead atoms. The van der Waals surface area contributed by atoms with Crippen molar-refractivity contribution in [2.45, 2.75) is 0 Å². The van der Waals surface area contributed by atoms with Gasteiger partial charge in [-0.1, -0.05) is 47.9 Å². The van der Waals surface area contributed by atoms with Crippen LogP contribution in [0.5, 0.6) is 11.5 Å². The summed E-state index contributed by atoms with van der Waals surface area (Å²) in [6.07, 6.45) is 0. The van der Waals surface area contributed by atoms with E-state index in [1.165, 1.54) is 10.9 Å². The van der Waals surface area contributed by atoms with Gasteiger partial charge in [-0.05, 0) is 23.1 Å². The van der Waals surface area contributed by atoms with Crippen LogP contribution in [0.25, 0.3) is 21.9 Å². The fraction of sp³-hybridized carbons (Fsp3) is 0. The zero-order chi connectivity index (χ0) is 12.1. The van der Waals surface area contributed by atoms with E-state index in [0.717, 1.165) is 27.9 Å². The molecule has 4 rings (SSSR count). The maximum atomic E-state index is 5.95. The highest BCUT2D eigenvalue weighted by atomic mass is 16.5. The second kappa shape index (κ2) is 3.39. The van der Waals surface area contributed by atoms with Gasteiger partial charge in [0.2, 0.25) is 0 Å². The Morgan fingerprint density at radius 2 is 1.61 bits per heavy atom. The second-order valence-corrected chi connectivity index (χ2v) is 4.52. The first kappa shape index (κ1) is 9.78. The highest BCUT2D eigenvalue weighted by Crippen LogP contribution is 2.45. The minimum absolute atomic E-state index is 0.758. The van der Waals surface area contributed by atoms with Gasteiger partial charge < -0.3 is 4.74 Å². The van der Waals surface area contributed by atoms with Gasteiger partial charge in [-0.2, -0.15) is 0 Å². The van der Waals surface area contributed by atoms with Crippen LogP contribution in [0.3, 0.4) is 0 Å². The summed E-state index contributed by atoms with van der Waals surface area (Å²) in [5, 5.41) is 2.36. The van der Waals surface area contributed by atoms with E-state index < -0.39 is 0 Å². The van der Waals surface area contributed by atoms with E-state index >= 15 is 0 Å². The molecule has 1 aliphatic heterocycles. The van der Waals surface area contributed by atoms with E-state index in [-0.39, 0.29) is 0 Å². The molecule has 0 aromatic heterocycles. The van der Waals surface area contributed by atoms with Gasteiger partial charge in [0.1, 0.15) is 19.3 Å². The summed E-state index contributed by atoms with van der Waals surface area (Å²) in [7, 11) is 5.87. The van der Waals surface area contributed by atoms with Crippen molar-refractivity contribution in [2.75, 3.05) is 0 Å². The Balaban J connectivity index is 2.18. The molecule has 0 aliphatic carbocycles. The average molecular weight is 228 g/mol. The van der Waals surface area contributed by atoms with Gasteiger partial charge in [0.05, 0.1) is 0 Å². The summed E-state index contributed by atoms with van der Waals surface area (Å²) in [4.78, 5) is 0. The van der Waals surface area contributed by atoms with Crippen molar-refractivity contribution >= 4 is 24.1 Å². The Hall–Kier alpha value is -2.22. The predicted molar refractivity (Wildman–Crippen MR) is 74.8 cm³/mol. The SMILES string of the molecule is [B]c1ccc2c(c1)-c1cccc3cccc(c13)O2. The lowest BCUT2D eigenvalue weighted by Gasteiger charge is -2.21. The first-order valence-corrected chi connectivity index (χ1v) is 5.92. The molecule has 0 saturated heterocycles. The fourth-order valence-electron chi connectivity index (χ4n) is 2.58. The largest absolute Gasteiger partial charge is 0.456 e. The van der Waals surface area contributed by atoms with Crippen LogP contribution >= 0.6 is 0 Å². The lowest BCUT2D eigenvalue weighted by atomic mass is 9.89. The van der Waals surface area contributed by atoms with Crippen molar-refractivity contribution < 1.29 is 4.74 Å². The smallest absolute Gasteiger partial charge is 0.135 e. The molecule has 0 fully saturated rings. The molecule has 0 unspecified atom stereocenters. The Labute approximate surface area is 106 Å². The molecule has 0 amide bonds. The zero-order valence-corrected chi connectivity index (χ0v) is 9.68. The molecule has 0 N–H and O–H groups in total. The summed E-state index contributed by atoms with van der Waals surface area (Å²) in [6, 6.07) is 18.2. The Morgan fingerprint density at radius 3 is 2.50 bits per heavy atom. The van der Waals surface area contributed by atoms with Crippen molar-refractivity contribution in [1.82, 2.24) is 0 Å². The van der Waals surface area contributed by atoms with Crippen LogP contribution in [0.15, 0.2) is 54.6 Å². The molecule has 2 radical (unpaired) electrons. The monoisotopic (exact) mass is 228 g/mol. The summed E-state index contributed by atoms with van der Waals surface area (Å²) >= 11 is 0. The van der Waals surface area contributed by atoms with Crippen molar-refractivity contribution in [1.29, 1.82) is 0 Å². The number of rotatable bonds is 0. The van der Waals surface area contributed by atoms with E-state index in [0.29, 0.717) is 0 Å². The van der Waals surface area contributed by atoms with Gasteiger partial charge in [-0.15, -0.1) is 0 Å². The molecule has 82 valence electrons. The number of benzene rings is 3. The molecule has 1 aliphatic rings. The quantitative estimate of drug-likeness (QED) is 0.419. The van der Waals surface area contributed by atoms with Crippen LogP contribution in [0.4, 0.5) is 0 Å².